The minimum Gasteiger partial charge on any atom is -0.497 e. The number of nitrogens with one attached hydrogen (secondary N) is 1. The van der Waals surface area contributed by atoms with Gasteiger partial charge in [-0.05, 0) is 40.0 Å². The zero-order chi connectivity index (χ0) is 14.1. The van der Waals surface area contributed by atoms with Crippen molar-refractivity contribution in [1.82, 2.24) is 9.78 Å². The molecule has 0 radical (unpaired) electrons. The van der Waals surface area contributed by atoms with Gasteiger partial charge in [0.15, 0.2) is 0 Å². The van der Waals surface area contributed by atoms with Gasteiger partial charge < -0.3 is 10.1 Å². The Morgan fingerprint density at radius 1 is 1.50 bits per heavy atom. The summed E-state index contributed by atoms with van der Waals surface area (Å²) in [5.74, 6) is 2.42. The van der Waals surface area contributed by atoms with E-state index in [9.17, 15) is 0 Å². The van der Waals surface area contributed by atoms with E-state index in [0.29, 0.717) is 5.92 Å². The van der Waals surface area contributed by atoms with Gasteiger partial charge in [-0.1, -0.05) is 19.1 Å². The molecule has 0 aliphatic carbocycles. The van der Waals surface area contributed by atoms with Crippen LogP contribution in [0.15, 0.2) is 28.7 Å². The van der Waals surface area contributed by atoms with Gasteiger partial charge in [0.05, 0.1) is 23.8 Å². The lowest BCUT2D eigenvalue weighted by Gasteiger charge is -2.25. The highest BCUT2D eigenvalue weighted by molar-refractivity contribution is 9.10. The molecule has 1 aliphatic rings. The van der Waals surface area contributed by atoms with Crippen molar-refractivity contribution in [1.29, 1.82) is 0 Å². The topological polar surface area (TPSA) is 39.1 Å². The van der Waals surface area contributed by atoms with Crippen LogP contribution < -0.4 is 10.1 Å². The number of aryl methyl sites for hydroxylation is 1. The maximum Gasteiger partial charge on any atom is 0.139 e. The van der Waals surface area contributed by atoms with Crippen molar-refractivity contribution in [2.75, 3.05) is 19.0 Å². The van der Waals surface area contributed by atoms with Crippen LogP contribution in [-0.4, -0.2) is 23.4 Å². The standard InChI is InChI=1S/C15H18BrN3O/c1-3-13-14(16)15-17-8-11(9-19(15)18-13)10-5-4-6-12(7-10)20-2/h4-7,11,17H,3,8-9H2,1-2H3. The molecule has 0 saturated heterocycles. The number of ether oxygens (including phenoxy) is 1. The summed E-state index contributed by atoms with van der Waals surface area (Å²) in [5.41, 5.74) is 2.39. The van der Waals surface area contributed by atoms with Gasteiger partial charge in [-0.2, -0.15) is 5.10 Å². The zero-order valence-corrected chi connectivity index (χ0v) is 13.3. The molecular weight excluding hydrogens is 318 g/mol. The predicted octanol–water partition coefficient (Wildman–Crippen LogP) is 3.43. The van der Waals surface area contributed by atoms with Crippen LogP contribution in [0.1, 0.15) is 24.1 Å². The number of nitrogens with zero attached hydrogens (tertiary/aromatic N) is 2. The summed E-state index contributed by atoms with van der Waals surface area (Å²) in [5, 5.41) is 8.15. The Morgan fingerprint density at radius 3 is 3.10 bits per heavy atom. The average Bonchev–Trinajstić information content (AvgIpc) is 2.83. The van der Waals surface area contributed by atoms with Crippen molar-refractivity contribution in [2.24, 2.45) is 0 Å². The fourth-order valence-electron chi connectivity index (χ4n) is 2.63. The molecule has 0 bridgehead atoms. The molecule has 3 rings (SSSR count). The predicted molar refractivity (Wildman–Crippen MR) is 83.5 cm³/mol. The summed E-state index contributed by atoms with van der Waals surface area (Å²) in [6.45, 7) is 3.94. The third-order valence-corrected chi connectivity index (χ3v) is 4.60. The smallest absolute Gasteiger partial charge is 0.139 e. The van der Waals surface area contributed by atoms with Crippen molar-refractivity contribution in [3.63, 3.8) is 0 Å². The van der Waals surface area contributed by atoms with E-state index in [1.165, 1.54) is 5.56 Å². The molecule has 1 aliphatic heterocycles. The molecule has 2 heterocycles. The fourth-order valence-corrected chi connectivity index (χ4v) is 3.33. The van der Waals surface area contributed by atoms with Gasteiger partial charge in [0, 0.05) is 12.5 Å². The van der Waals surface area contributed by atoms with Crippen molar-refractivity contribution < 1.29 is 4.74 Å². The van der Waals surface area contributed by atoms with Gasteiger partial charge in [-0.3, -0.25) is 0 Å². The molecule has 1 unspecified atom stereocenters. The first-order chi connectivity index (χ1) is 9.72. The summed E-state index contributed by atoms with van der Waals surface area (Å²) in [7, 11) is 1.70. The molecule has 1 atom stereocenters. The number of rotatable bonds is 3. The van der Waals surface area contributed by atoms with Crippen LogP contribution in [0.3, 0.4) is 0 Å². The van der Waals surface area contributed by atoms with Gasteiger partial charge in [0.1, 0.15) is 11.6 Å². The maximum atomic E-state index is 5.31. The van der Waals surface area contributed by atoms with Crippen LogP contribution in [0.2, 0.25) is 0 Å². The van der Waals surface area contributed by atoms with Crippen molar-refractivity contribution >= 4 is 21.7 Å². The highest BCUT2D eigenvalue weighted by Gasteiger charge is 2.24. The molecule has 4 nitrogen and oxygen atoms in total. The number of methoxy groups -OCH3 is 1. The van der Waals surface area contributed by atoms with Gasteiger partial charge in [-0.15, -0.1) is 0 Å². The Hall–Kier alpha value is -1.49. The first-order valence-electron chi connectivity index (χ1n) is 6.86. The molecular formula is C15H18BrN3O. The molecule has 2 aromatic rings. The molecule has 0 saturated carbocycles. The number of hydrogen-bond donors (Lipinski definition) is 1. The van der Waals surface area contributed by atoms with E-state index in [4.69, 9.17) is 4.74 Å². The summed E-state index contributed by atoms with van der Waals surface area (Å²) >= 11 is 3.63. The molecule has 106 valence electrons. The lowest BCUT2D eigenvalue weighted by molar-refractivity contribution is 0.412. The summed E-state index contributed by atoms with van der Waals surface area (Å²) < 4.78 is 8.47. The minimum atomic E-state index is 0.411. The van der Waals surface area contributed by atoms with Crippen LogP contribution >= 0.6 is 15.9 Å². The molecule has 1 N–H and O–H groups in total. The zero-order valence-electron chi connectivity index (χ0n) is 11.7. The van der Waals surface area contributed by atoms with E-state index >= 15 is 0 Å². The number of halogens is 1. The van der Waals surface area contributed by atoms with E-state index in [1.54, 1.807) is 7.11 Å². The van der Waals surface area contributed by atoms with E-state index in [-0.39, 0.29) is 0 Å². The Labute approximate surface area is 127 Å². The second kappa shape index (κ2) is 5.48. The maximum absolute atomic E-state index is 5.31. The van der Waals surface area contributed by atoms with Crippen LogP contribution in [0.25, 0.3) is 0 Å². The van der Waals surface area contributed by atoms with Crippen LogP contribution in [0.4, 0.5) is 5.82 Å². The molecule has 20 heavy (non-hydrogen) atoms. The van der Waals surface area contributed by atoms with Crippen molar-refractivity contribution in [2.45, 2.75) is 25.8 Å². The quantitative estimate of drug-likeness (QED) is 0.933. The molecule has 1 aromatic heterocycles. The fraction of sp³-hybridized carbons (Fsp3) is 0.400. The Kier molecular flexibility index (Phi) is 3.70. The molecule has 5 heteroatoms. The SMILES string of the molecule is CCc1nn2c(c1Br)NCC(c1cccc(OC)c1)C2. The highest BCUT2D eigenvalue weighted by Crippen LogP contribution is 2.33. The summed E-state index contributed by atoms with van der Waals surface area (Å²) in [4.78, 5) is 0. The molecule has 0 amide bonds. The Balaban J connectivity index is 1.88. The van der Waals surface area contributed by atoms with E-state index in [0.717, 1.165) is 41.2 Å². The lowest BCUT2D eigenvalue weighted by atomic mass is 9.97. The van der Waals surface area contributed by atoms with Crippen LogP contribution in [0, 0.1) is 0 Å². The van der Waals surface area contributed by atoms with Crippen LogP contribution in [-0.2, 0) is 13.0 Å². The normalized spacial score (nSPS) is 17.4. The summed E-state index contributed by atoms with van der Waals surface area (Å²) in [6, 6.07) is 8.28. The molecule has 0 spiro atoms. The number of hydrogen-bond acceptors (Lipinski definition) is 3. The van der Waals surface area contributed by atoms with Gasteiger partial charge in [0.2, 0.25) is 0 Å². The first-order valence-corrected chi connectivity index (χ1v) is 7.65. The van der Waals surface area contributed by atoms with E-state index in [1.807, 2.05) is 12.1 Å². The minimum absolute atomic E-state index is 0.411. The van der Waals surface area contributed by atoms with Crippen molar-refractivity contribution in [3.8, 4) is 5.75 Å². The largest absolute Gasteiger partial charge is 0.497 e. The van der Waals surface area contributed by atoms with Gasteiger partial charge in [0.25, 0.3) is 0 Å². The Bertz CT molecular complexity index is 624. The van der Waals surface area contributed by atoms with E-state index < -0.39 is 0 Å². The second-order valence-corrected chi connectivity index (χ2v) is 5.79. The van der Waals surface area contributed by atoms with Gasteiger partial charge in [-0.25, -0.2) is 4.68 Å². The summed E-state index contributed by atoms with van der Waals surface area (Å²) in [6.07, 6.45) is 0.937. The molecule has 0 fully saturated rings. The number of aromatic nitrogens is 2. The van der Waals surface area contributed by atoms with Crippen LogP contribution in [0.5, 0.6) is 5.75 Å². The number of fused-ring (bicyclic) bond motifs is 1. The third-order valence-electron chi connectivity index (χ3n) is 3.77. The second-order valence-electron chi connectivity index (χ2n) is 5.00. The van der Waals surface area contributed by atoms with E-state index in [2.05, 4.69) is 50.1 Å². The monoisotopic (exact) mass is 335 g/mol. The number of benzene rings is 1. The average molecular weight is 336 g/mol. The Morgan fingerprint density at radius 2 is 2.35 bits per heavy atom. The van der Waals surface area contributed by atoms with Gasteiger partial charge >= 0.3 is 0 Å². The van der Waals surface area contributed by atoms with Crippen molar-refractivity contribution in [3.05, 3.63) is 40.0 Å². The molecule has 1 aromatic carbocycles. The number of anilines is 1. The lowest BCUT2D eigenvalue weighted by Crippen LogP contribution is -2.26. The third kappa shape index (κ3) is 2.30. The first kappa shape index (κ1) is 13.5. The highest BCUT2D eigenvalue weighted by atomic mass is 79.9.